The molecule has 0 aliphatic carbocycles. The van der Waals surface area contributed by atoms with E-state index in [1.807, 2.05) is 6.92 Å². The van der Waals surface area contributed by atoms with Crippen LogP contribution in [0, 0.1) is 6.92 Å². The number of nitrogens with one attached hydrogen (secondary N) is 2. The highest BCUT2D eigenvalue weighted by molar-refractivity contribution is 7.89. The maximum atomic E-state index is 12.7. The number of aryl methyl sites for hydroxylation is 2. The van der Waals surface area contributed by atoms with Crippen LogP contribution in [0.25, 0.3) is 16.9 Å². The van der Waals surface area contributed by atoms with Crippen molar-refractivity contribution in [3.05, 3.63) is 46.1 Å². The van der Waals surface area contributed by atoms with Gasteiger partial charge in [0.2, 0.25) is 10.0 Å². The summed E-state index contributed by atoms with van der Waals surface area (Å²) < 4.78 is 34.3. The van der Waals surface area contributed by atoms with Gasteiger partial charge in [-0.15, -0.1) is 5.10 Å². The molecule has 10 heteroatoms. The molecule has 2 heterocycles. The lowest BCUT2D eigenvalue weighted by Crippen LogP contribution is -2.28. The van der Waals surface area contributed by atoms with E-state index in [2.05, 4.69) is 19.8 Å². The number of ether oxygens (including phenoxy) is 1. The normalized spacial score (nSPS) is 12.0. The van der Waals surface area contributed by atoms with Crippen molar-refractivity contribution in [2.75, 3.05) is 20.3 Å². The van der Waals surface area contributed by atoms with E-state index in [0.717, 1.165) is 6.42 Å². The monoisotopic (exact) mass is 405 g/mol. The number of rotatable bonds is 8. The number of fused-ring (bicyclic) bond motifs is 1. The Labute approximate surface area is 162 Å². The molecule has 2 N–H and O–H groups in total. The van der Waals surface area contributed by atoms with Crippen molar-refractivity contribution in [2.24, 2.45) is 0 Å². The molecule has 3 rings (SSSR count). The number of hydrogen-bond acceptors (Lipinski definition) is 6. The summed E-state index contributed by atoms with van der Waals surface area (Å²) in [6, 6.07) is 6.40. The van der Waals surface area contributed by atoms with Crippen LogP contribution in [0.1, 0.15) is 24.9 Å². The van der Waals surface area contributed by atoms with Gasteiger partial charge in [-0.25, -0.2) is 22.6 Å². The van der Waals surface area contributed by atoms with Crippen molar-refractivity contribution in [3.8, 4) is 11.4 Å². The number of benzene rings is 1. The van der Waals surface area contributed by atoms with Crippen molar-refractivity contribution < 1.29 is 13.2 Å². The molecule has 0 saturated carbocycles. The molecule has 0 aliphatic rings. The largest absolute Gasteiger partial charge is 0.383 e. The average molecular weight is 405 g/mol. The van der Waals surface area contributed by atoms with Gasteiger partial charge >= 0.3 is 0 Å². The number of sulfonamides is 1. The third-order valence-corrected chi connectivity index (χ3v) is 5.77. The molecule has 0 bridgehead atoms. The second-order valence-corrected chi connectivity index (χ2v) is 8.05. The first kappa shape index (κ1) is 20.2. The Hall–Kier alpha value is -2.56. The van der Waals surface area contributed by atoms with Crippen LogP contribution in [0.2, 0.25) is 0 Å². The molecule has 1 aromatic carbocycles. The first-order chi connectivity index (χ1) is 13.4. The lowest BCUT2D eigenvalue weighted by molar-refractivity contribution is 0.204. The highest BCUT2D eigenvalue weighted by Crippen LogP contribution is 2.24. The molecule has 0 spiro atoms. The zero-order chi connectivity index (χ0) is 20.3. The van der Waals surface area contributed by atoms with Crippen LogP contribution in [-0.4, -0.2) is 48.3 Å². The zero-order valence-electron chi connectivity index (χ0n) is 16.0. The van der Waals surface area contributed by atoms with Crippen LogP contribution in [-0.2, 0) is 21.2 Å². The summed E-state index contributed by atoms with van der Waals surface area (Å²) in [5.74, 6) is 0.834. The standard InChI is InChI=1S/C18H23N5O4S/c1-4-7-15-20-12(2)16-18(24)21-17(22-23(15)16)13-8-5-6-9-14(13)28(25,26)19-10-11-27-3/h5-6,8-9,19H,4,7,10-11H2,1-3H3,(H,21,22,24). The quantitative estimate of drug-likeness (QED) is 0.545. The minimum absolute atomic E-state index is 0.0301. The van der Waals surface area contributed by atoms with Crippen LogP contribution in [0.5, 0.6) is 0 Å². The number of aromatic amines is 1. The summed E-state index contributed by atoms with van der Waals surface area (Å²) in [6.07, 6.45) is 1.50. The van der Waals surface area contributed by atoms with Gasteiger partial charge in [0.25, 0.3) is 5.56 Å². The molecule has 28 heavy (non-hydrogen) atoms. The van der Waals surface area contributed by atoms with E-state index in [4.69, 9.17) is 4.74 Å². The number of methoxy groups -OCH3 is 1. The van der Waals surface area contributed by atoms with Gasteiger partial charge in [0, 0.05) is 25.6 Å². The van der Waals surface area contributed by atoms with Crippen molar-refractivity contribution >= 4 is 15.5 Å². The molecule has 0 amide bonds. The van der Waals surface area contributed by atoms with Gasteiger partial charge in [0.1, 0.15) is 5.82 Å². The van der Waals surface area contributed by atoms with E-state index >= 15 is 0 Å². The summed E-state index contributed by atoms with van der Waals surface area (Å²) >= 11 is 0. The van der Waals surface area contributed by atoms with Crippen LogP contribution >= 0.6 is 0 Å². The second kappa shape index (κ2) is 8.21. The molecule has 2 aromatic heterocycles. The SMILES string of the molecule is CCCc1nc(C)c2c(=O)[nH]c(-c3ccccc3S(=O)(=O)NCCOC)nn12. The summed E-state index contributed by atoms with van der Waals surface area (Å²) in [4.78, 5) is 19.8. The van der Waals surface area contributed by atoms with Gasteiger partial charge in [-0.1, -0.05) is 19.1 Å². The predicted molar refractivity (Wildman–Crippen MR) is 105 cm³/mol. The number of imidazole rings is 1. The molecule has 150 valence electrons. The topological polar surface area (TPSA) is 118 Å². The minimum Gasteiger partial charge on any atom is -0.383 e. The van der Waals surface area contributed by atoms with E-state index in [1.165, 1.54) is 17.7 Å². The maximum Gasteiger partial charge on any atom is 0.277 e. The van der Waals surface area contributed by atoms with Gasteiger partial charge in [-0.05, 0) is 25.5 Å². The Morgan fingerprint density at radius 2 is 2.04 bits per heavy atom. The summed E-state index contributed by atoms with van der Waals surface area (Å²) in [5.41, 5.74) is 0.897. The molecule has 3 aromatic rings. The van der Waals surface area contributed by atoms with E-state index in [9.17, 15) is 13.2 Å². The summed E-state index contributed by atoms with van der Waals surface area (Å²) in [7, 11) is -2.32. The predicted octanol–water partition coefficient (Wildman–Crippen LogP) is 1.27. The lowest BCUT2D eigenvalue weighted by atomic mass is 10.2. The van der Waals surface area contributed by atoms with Crippen molar-refractivity contribution in [3.63, 3.8) is 0 Å². The number of aromatic nitrogens is 4. The van der Waals surface area contributed by atoms with E-state index in [1.54, 1.807) is 25.1 Å². The van der Waals surface area contributed by atoms with Crippen LogP contribution < -0.4 is 10.3 Å². The zero-order valence-corrected chi connectivity index (χ0v) is 16.8. The van der Waals surface area contributed by atoms with Crippen molar-refractivity contribution in [2.45, 2.75) is 31.6 Å². The third kappa shape index (κ3) is 3.84. The highest BCUT2D eigenvalue weighted by atomic mass is 32.2. The van der Waals surface area contributed by atoms with Crippen molar-refractivity contribution in [1.82, 2.24) is 24.3 Å². The van der Waals surface area contributed by atoms with Gasteiger partial charge in [-0.3, -0.25) is 4.79 Å². The van der Waals surface area contributed by atoms with E-state index in [-0.39, 0.29) is 29.4 Å². The first-order valence-corrected chi connectivity index (χ1v) is 10.4. The molecular weight excluding hydrogens is 382 g/mol. The summed E-state index contributed by atoms with van der Waals surface area (Å²) in [6.45, 7) is 4.15. The molecule has 0 atom stereocenters. The van der Waals surface area contributed by atoms with Crippen LogP contribution in [0.15, 0.2) is 34.0 Å². The van der Waals surface area contributed by atoms with Crippen LogP contribution in [0.4, 0.5) is 0 Å². The molecule has 0 radical (unpaired) electrons. The molecule has 0 aliphatic heterocycles. The Kier molecular flexibility index (Phi) is 5.92. The molecular formula is C18H23N5O4S. The Morgan fingerprint density at radius 3 is 2.75 bits per heavy atom. The Morgan fingerprint density at radius 1 is 1.29 bits per heavy atom. The molecule has 0 saturated heterocycles. The number of hydrogen-bond donors (Lipinski definition) is 2. The minimum atomic E-state index is -3.81. The second-order valence-electron chi connectivity index (χ2n) is 6.31. The van der Waals surface area contributed by atoms with Crippen LogP contribution in [0.3, 0.4) is 0 Å². The lowest BCUT2D eigenvalue weighted by Gasteiger charge is -2.11. The number of H-pyrrole nitrogens is 1. The van der Waals surface area contributed by atoms with Gasteiger partial charge in [0.05, 0.1) is 17.2 Å². The average Bonchev–Trinajstić information content (AvgIpc) is 2.98. The molecule has 9 nitrogen and oxygen atoms in total. The third-order valence-electron chi connectivity index (χ3n) is 4.25. The molecule has 0 fully saturated rings. The highest BCUT2D eigenvalue weighted by Gasteiger charge is 2.21. The fourth-order valence-electron chi connectivity index (χ4n) is 3.00. The van der Waals surface area contributed by atoms with E-state index < -0.39 is 10.0 Å². The fraction of sp³-hybridized carbons (Fsp3) is 0.389. The fourth-order valence-corrected chi connectivity index (χ4v) is 4.21. The Balaban J connectivity index is 2.16. The smallest absolute Gasteiger partial charge is 0.277 e. The van der Waals surface area contributed by atoms with Gasteiger partial charge in [-0.2, -0.15) is 0 Å². The number of nitrogens with zero attached hydrogens (tertiary/aromatic N) is 3. The van der Waals surface area contributed by atoms with Gasteiger partial charge < -0.3 is 9.72 Å². The first-order valence-electron chi connectivity index (χ1n) is 8.95. The summed E-state index contributed by atoms with van der Waals surface area (Å²) in [5, 5.41) is 4.50. The molecule has 0 unspecified atom stereocenters. The van der Waals surface area contributed by atoms with E-state index in [0.29, 0.717) is 29.0 Å². The maximum absolute atomic E-state index is 12.7. The van der Waals surface area contributed by atoms with Gasteiger partial charge in [0.15, 0.2) is 11.3 Å². The Bertz CT molecular complexity index is 1150. The van der Waals surface area contributed by atoms with Crippen molar-refractivity contribution in [1.29, 1.82) is 0 Å².